The zero-order chi connectivity index (χ0) is 27.9. The largest absolute Gasteiger partial charge is 0.509 e. The number of hydrogen-bond donors (Lipinski definition) is 0. The molecule has 0 fully saturated rings. The van der Waals surface area contributed by atoms with E-state index < -0.39 is 0 Å². The summed E-state index contributed by atoms with van der Waals surface area (Å²) in [6, 6.07) is 27.1. The summed E-state index contributed by atoms with van der Waals surface area (Å²) in [6.07, 6.45) is 1.77. The summed E-state index contributed by atoms with van der Waals surface area (Å²) in [4.78, 5) is 8.68. The van der Waals surface area contributed by atoms with Gasteiger partial charge in [-0.1, -0.05) is 53.7 Å². The second-order valence-electron chi connectivity index (χ2n) is 12.2. The third kappa shape index (κ3) is 6.53. The molecule has 0 saturated heterocycles. The summed E-state index contributed by atoms with van der Waals surface area (Å²) >= 11 is 0. The first-order chi connectivity index (χ1) is 18.4. The van der Waals surface area contributed by atoms with Crippen LogP contribution in [0.4, 0.5) is 17.1 Å². The predicted molar refractivity (Wildman–Crippen MR) is 158 cm³/mol. The number of aromatic nitrogens is 1. The zero-order valence-corrected chi connectivity index (χ0v) is 26.7. The first kappa shape index (κ1) is 29.7. The van der Waals surface area contributed by atoms with E-state index in [4.69, 9.17) is 9.47 Å². The minimum absolute atomic E-state index is 0. The molecule has 212 valence electrons. The molecule has 0 unspecified atom stereocenters. The van der Waals surface area contributed by atoms with Crippen LogP contribution >= 0.6 is 0 Å². The summed E-state index contributed by atoms with van der Waals surface area (Å²) in [5, 5.41) is 0. The first-order valence-corrected chi connectivity index (χ1v) is 13.3. The molecule has 5 nitrogen and oxygen atoms in total. The Hall–Kier alpha value is -3.30. The molecule has 1 aromatic heterocycles. The second kappa shape index (κ2) is 11.3. The van der Waals surface area contributed by atoms with E-state index in [1.807, 2.05) is 30.3 Å². The predicted octanol–water partition coefficient (Wildman–Crippen LogP) is 8.87. The van der Waals surface area contributed by atoms with E-state index in [0.29, 0.717) is 23.1 Å². The molecule has 1 aliphatic rings. The van der Waals surface area contributed by atoms with Crippen molar-refractivity contribution in [1.82, 2.24) is 4.98 Å². The minimum atomic E-state index is -0.0812. The van der Waals surface area contributed by atoms with E-state index in [0.717, 1.165) is 28.2 Å². The number of hydrogen-bond acceptors (Lipinski definition) is 5. The molecule has 0 bridgehead atoms. The van der Waals surface area contributed by atoms with Gasteiger partial charge in [0, 0.05) is 62.0 Å². The van der Waals surface area contributed by atoms with Crippen molar-refractivity contribution in [3.8, 4) is 23.1 Å². The summed E-state index contributed by atoms with van der Waals surface area (Å²) in [6.45, 7) is 17.3. The Balaban J connectivity index is 0.00000370. The number of nitrogens with zero attached hydrogens (tertiary/aromatic N) is 3. The maximum Gasteiger partial charge on any atom is 0.216 e. The molecule has 5 rings (SSSR count). The van der Waals surface area contributed by atoms with Crippen LogP contribution in [0.2, 0.25) is 0 Å². The van der Waals surface area contributed by atoms with Crippen LogP contribution in [0, 0.1) is 25.7 Å². The van der Waals surface area contributed by atoms with Gasteiger partial charge in [-0.05, 0) is 54.1 Å². The SMILES string of the molecule is Cc1ccc2c(c1)N(C)[CH-]N2c1[c-]c(Oc2[c-]c(Oc3cc(C(C)(C)C)ccn3)ccc2)cc(C(C)(C)C)c1.[Pt]. The molecule has 1 aliphatic heterocycles. The molecular formula is C34H36N3O2Pt-3. The van der Waals surface area contributed by atoms with Crippen molar-refractivity contribution < 1.29 is 30.5 Å². The molecule has 2 heterocycles. The Morgan fingerprint density at radius 1 is 0.750 bits per heavy atom. The van der Waals surface area contributed by atoms with Crippen molar-refractivity contribution in [1.29, 1.82) is 0 Å². The normalized spacial score (nSPS) is 13.1. The maximum absolute atomic E-state index is 6.34. The number of anilines is 3. The Kier molecular flexibility index (Phi) is 8.38. The van der Waals surface area contributed by atoms with Gasteiger partial charge in [0.2, 0.25) is 5.88 Å². The monoisotopic (exact) mass is 713 g/mol. The topological polar surface area (TPSA) is 37.8 Å². The number of pyridine rings is 1. The molecular weight excluding hydrogens is 677 g/mol. The van der Waals surface area contributed by atoms with Crippen molar-refractivity contribution in [2.75, 3.05) is 16.8 Å². The number of fused-ring (bicyclic) bond motifs is 1. The van der Waals surface area contributed by atoms with Crippen LogP contribution in [0.5, 0.6) is 23.1 Å². The van der Waals surface area contributed by atoms with Crippen LogP contribution in [0.15, 0.2) is 66.9 Å². The van der Waals surface area contributed by atoms with Gasteiger partial charge in [0.1, 0.15) is 0 Å². The fraction of sp³-hybridized carbons (Fsp3) is 0.294. The molecule has 40 heavy (non-hydrogen) atoms. The molecule has 6 heteroatoms. The van der Waals surface area contributed by atoms with Gasteiger partial charge in [0.25, 0.3) is 0 Å². The van der Waals surface area contributed by atoms with Crippen molar-refractivity contribution in [2.24, 2.45) is 0 Å². The van der Waals surface area contributed by atoms with E-state index >= 15 is 0 Å². The summed E-state index contributed by atoms with van der Waals surface area (Å²) in [5.41, 5.74) is 6.65. The molecule has 0 atom stereocenters. The van der Waals surface area contributed by atoms with Crippen LogP contribution in [0.25, 0.3) is 0 Å². The van der Waals surface area contributed by atoms with Crippen molar-refractivity contribution in [3.63, 3.8) is 0 Å². The van der Waals surface area contributed by atoms with E-state index in [1.54, 1.807) is 6.20 Å². The maximum atomic E-state index is 6.34. The Morgan fingerprint density at radius 2 is 1.45 bits per heavy atom. The third-order valence-corrected chi connectivity index (χ3v) is 6.79. The van der Waals surface area contributed by atoms with Gasteiger partial charge in [0.05, 0.1) is 0 Å². The zero-order valence-electron chi connectivity index (χ0n) is 24.4. The van der Waals surface area contributed by atoms with E-state index in [1.165, 1.54) is 5.56 Å². The van der Waals surface area contributed by atoms with Gasteiger partial charge in [-0.15, -0.1) is 41.6 Å². The van der Waals surface area contributed by atoms with Gasteiger partial charge in [-0.25, -0.2) is 4.98 Å². The van der Waals surface area contributed by atoms with Crippen molar-refractivity contribution in [2.45, 2.75) is 59.3 Å². The average molecular weight is 714 g/mol. The number of benzene rings is 3. The third-order valence-electron chi connectivity index (χ3n) is 6.79. The van der Waals surface area contributed by atoms with Gasteiger partial charge in [-0.3, -0.25) is 0 Å². The van der Waals surface area contributed by atoms with Crippen LogP contribution in [-0.4, -0.2) is 12.0 Å². The molecule has 4 aromatic rings. The van der Waals surface area contributed by atoms with Crippen LogP contribution in [0.1, 0.15) is 58.2 Å². The molecule has 0 radical (unpaired) electrons. The molecule has 0 saturated carbocycles. The second-order valence-corrected chi connectivity index (χ2v) is 12.2. The van der Waals surface area contributed by atoms with Gasteiger partial charge in [0.15, 0.2) is 0 Å². The smallest absolute Gasteiger partial charge is 0.216 e. The van der Waals surface area contributed by atoms with Crippen molar-refractivity contribution >= 4 is 17.1 Å². The fourth-order valence-electron chi connectivity index (χ4n) is 4.47. The van der Waals surface area contributed by atoms with E-state index in [-0.39, 0.29) is 31.9 Å². The van der Waals surface area contributed by atoms with Crippen LogP contribution in [-0.2, 0) is 31.9 Å². The minimum Gasteiger partial charge on any atom is -0.509 e. The summed E-state index contributed by atoms with van der Waals surface area (Å²) in [5.74, 6) is 2.24. The number of aryl methyl sites for hydroxylation is 1. The van der Waals surface area contributed by atoms with E-state index in [2.05, 4.69) is 119 Å². The average Bonchev–Trinajstić information content (AvgIpc) is 3.19. The molecule has 3 aromatic carbocycles. The van der Waals surface area contributed by atoms with Crippen LogP contribution in [0.3, 0.4) is 0 Å². The van der Waals surface area contributed by atoms with Crippen LogP contribution < -0.4 is 19.3 Å². The number of ether oxygens (including phenoxy) is 2. The fourth-order valence-corrected chi connectivity index (χ4v) is 4.47. The first-order valence-electron chi connectivity index (χ1n) is 13.3. The van der Waals surface area contributed by atoms with Gasteiger partial charge in [-0.2, -0.15) is 12.7 Å². The summed E-state index contributed by atoms with van der Waals surface area (Å²) in [7, 11) is 2.07. The molecule has 0 N–H and O–H groups in total. The van der Waals surface area contributed by atoms with Gasteiger partial charge >= 0.3 is 0 Å². The van der Waals surface area contributed by atoms with Crippen molar-refractivity contribution in [3.05, 3.63) is 102 Å². The number of rotatable bonds is 5. The molecule has 0 aliphatic carbocycles. The Morgan fingerprint density at radius 3 is 2.15 bits per heavy atom. The Bertz CT molecular complexity index is 1500. The quantitative estimate of drug-likeness (QED) is 0.193. The van der Waals surface area contributed by atoms with Gasteiger partial charge < -0.3 is 19.3 Å². The molecule has 0 amide bonds. The Labute approximate surface area is 253 Å². The molecule has 0 spiro atoms. The standard InChI is InChI=1S/C34H36N3O2.Pt/c1-23-12-13-30-31(16-23)36(8)22-37(30)26-17-25(34(5,6)7)18-29(20-26)38-27-10-9-11-28(21-27)39-32-19-24(14-15-35-32)33(2,3)4;/h9-19,22H,1-8H3;/q-3;. The van der Waals surface area contributed by atoms with E-state index in [9.17, 15) is 0 Å². The summed E-state index contributed by atoms with van der Waals surface area (Å²) < 4.78 is 12.4.